The second-order valence-electron chi connectivity index (χ2n) is 7.46. The first kappa shape index (κ1) is 20.1. The third-order valence-electron chi connectivity index (χ3n) is 5.05. The minimum Gasteiger partial charge on any atom is -0.361 e. The van der Waals surface area contributed by atoms with Gasteiger partial charge in [0.15, 0.2) is 5.82 Å². The van der Waals surface area contributed by atoms with Gasteiger partial charge < -0.3 is 15.2 Å². The summed E-state index contributed by atoms with van der Waals surface area (Å²) in [6.07, 6.45) is 8.19. The molecule has 0 fully saturated rings. The van der Waals surface area contributed by atoms with Crippen LogP contribution in [0.3, 0.4) is 0 Å². The van der Waals surface area contributed by atoms with Crippen LogP contribution in [0.25, 0.3) is 22.2 Å². The van der Waals surface area contributed by atoms with Crippen LogP contribution in [0.1, 0.15) is 45.4 Å². The molecule has 0 aliphatic heterocycles. The molecule has 0 atom stereocenters. The molecule has 28 heavy (non-hydrogen) atoms. The number of aromatic amines is 2. The number of aromatic nitrogens is 3. The number of H-pyrrole nitrogens is 2. The van der Waals surface area contributed by atoms with E-state index in [1.165, 1.54) is 24.6 Å². The average molecular weight is 382 g/mol. The molecule has 1 aromatic carbocycles. The van der Waals surface area contributed by atoms with E-state index in [2.05, 4.69) is 51.5 Å². The highest BCUT2D eigenvalue weighted by Crippen LogP contribution is 2.24. The van der Waals surface area contributed by atoms with Crippen molar-refractivity contribution in [2.75, 3.05) is 25.5 Å². The van der Waals surface area contributed by atoms with Crippen molar-refractivity contribution in [2.45, 2.75) is 45.4 Å². The molecule has 3 rings (SSSR count). The molecule has 150 valence electrons. The summed E-state index contributed by atoms with van der Waals surface area (Å²) in [6.45, 7) is 4.41. The molecule has 0 saturated carbocycles. The smallest absolute Gasteiger partial charge is 0.225 e. The molecular weight excluding hydrogens is 350 g/mol. The van der Waals surface area contributed by atoms with E-state index in [-0.39, 0.29) is 5.91 Å². The Balaban J connectivity index is 1.41. The number of carbonyl (C=O) groups excluding carboxylic acids is 1. The monoisotopic (exact) mass is 381 g/mol. The first-order chi connectivity index (χ1) is 13.7. The molecule has 6 nitrogen and oxygen atoms in total. The first-order valence-corrected chi connectivity index (χ1v) is 10.3. The number of nitrogens with one attached hydrogen (secondary N) is 3. The van der Waals surface area contributed by atoms with Crippen molar-refractivity contribution in [1.82, 2.24) is 20.1 Å². The van der Waals surface area contributed by atoms with Crippen molar-refractivity contribution in [3.63, 3.8) is 0 Å². The van der Waals surface area contributed by atoms with Crippen molar-refractivity contribution in [3.05, 3.63) is 36.5 Å². The number of carbonyl (C=O) groups is 1. The average Bonchev–Trinajstić information content (AvgIpc) is 3.34. The second-order valence-corrected chi connectivity index (χ2v) is 7.46. The van der Waals surface area contributed by atoms with E-state index in [9.17, 15) is 4.79 Å². The fourth-order valence-electron chi connectivity index (χ4n) is 3.37. The molecule has 0 bridgehead atoms. The van der Waals surface area contributed by atoms with Gasteiger partial charge >= 0.3 is 0 Å². The molecule has 3 N–H and O–H groups in total. The zero-order chi connectivity index (χ0) is 19.8. The Labute approximate surface area is 166 Å². The van der Waals surface area contributed by atoms with E-state index in [1.54, 1.807) is 0 Å². The summed E-state index contributed by atoms with van der Waals surface area (Å²) >= 11 is 0. The SMILES string of the molecule is CCCCCN(C)CCCCC(=O)Nc1cc(-c2ccc3cc[nH]c3c2)[nH]n1. The maximum absolute atomic E-state index is 12.2. The lowest BCUT2D eigenvalue weighted by molar-refractivity contribution is -0.116. The van der Waals surface area contributed by atoms with Crippen molar-refractivity contribution in [3.8, 4) is 11.3 Å². The normalized spacial score (nSPS) is 11.4. The van der Waals surface area contributed by atoms with Crippen LogP contribution in [0.2, 0.25) is 0 Å². The number of fused-ring (bicyclic) bond motifs is 1. The highest BCUT2D eigenvalue weighted by atomic mass is 16.1. The third-order valence-corrected chi connectivity index (χ3v) is 5.05. The topological polar surface area (TPSA) is 76.8 Å². The number of benzene rings is 1. The summed E-state index contributed by atoms with van der Waals surface area (Å²) < 4.78 is 0. The predicted molar refractivity (Wildman–Crippen MR) is 115 cm³/mol. The van der Waals surface area contributed by atoms with Crippen LogP contribution >= 0.6 is 0 Å². The minimum atomic E-state index is 0.0199. The van der Waals surface area contributed by atoms with Gasteiger partial charge in [0.05, 0.1) is 5.69 Å². The van der Waals surface area contributed by atoms with Crippen LogP contribution in [0.5, 0.6) is 0 Å². The Hall–Kier alpha value is -2.60. The van der Waals surface area contributed by atoms with E-state index in [0.717, 1.165) is 42.7 Å². The minimum absolute atomic E-state index is 0.0199. The molecule has 0 spiro atoms. The number of nitrogens with zero attached hydrogens (tertiary/aromatic N) is 2. The second kappa shape index (κ2) is 10.1. The molecule has 3 aromatic rings. The highest BCUT2D eigenvalue weighted by Gasteiger charge is 2.08. The Bertz CT molecular complexity index is 882. The molecule has 1 amide bonds. The van der Waals surface area contributed by atoms with Gasteiger partial charge in [-0.25, -0.2) is 0 Å². The van der Waals surface area contributed by atoms with Crippen LogP contribution in [-0.2, 0) is 4.79 Å². The molecule has 0 aliphatic carbocycles. The Morgan fingerprint density at radius 1 is 1.11 bits per heavy atom. The lowest BCUT2D eigenvalue weighted by atomic mass is 10.1. The highest BCUT2D eigenvalue weighted by molar-refractivity contribution is 5.90. The fraction of sp³-hybridized carbons (Fsp3) is 0.455. The van der Waals surface area contributed by atoms with Gasteiger partial charge in [-0.2, -0.15) is 5.10 Å². The van der Waals surface area contributed by atoms with Crippen molar-refractivity contribution in [2.24, 2.45) is 0 Å². The first-order valence-electron chi connectivity index (χ1n) is 10.3. The summed E-state index contributed by atoms with van der Waals surface area (Å²) in [7, 11) is 2.16. The summed E-state index contributed by atoms with van der Waals surface area (Å²) in [4.78, 5) is 17.7. The summed E-state index contributed by atoms with van der Waals surface area (Å²) in [6, 6.07) is 10.1. The van der Waals surface area contributed by atoms with Gasteiger partial charge in [0.2, 0.25) is 5.91 Å². The number of anilines is 1. The van der Waals surface area contributed by atoms with Gasteiger partial charge in [-0.05, 0) is 56.9 Å². The summed E-state index contributed by atoms with van der Waals surface area (Å²) in [5.74, 6) is 0.592. The fourth-order valence-corrected chi connectivity index (χ4v) is 3.37. The third kappa shape index (κ3) is 5.70. The quantitative estimate of drug-likeness (QED) is 0.418. The lowest BCUT2D eigenvalue weighted by Crippen LogP contribution is -2.21. The van der Waals surface area contributed by atoms with Crippen LogP contribution in [0, 0.1) is 0 Å². The van der Waals surface area contributed by atoms with Crippen molar-refractivity contribution in [1.29, 1.82) is 0 Å². The van der Waals surface area contributed by atoms with E-state index < -0.39 is 0 Å². The largest absolute Gasteiger partial charge is 0.361 e. The number of hydrogen-bond acceptors (Lipinski definition) is 3. The standard InChI is InChI=1S/C22H31N5O/c1-3-4-6-13-27(2)14-7-5-8-22(28)24-21-16-20(25-26-21)18-10-9-17-11-12-23-19(17)15-18/h9-12,15-16,23H,3-8,13-14H2,1-2H3,(H2,24,25,26,28). The van der Waals surface area contributed by atoms with Gasteiger partial charge in [-0.15, -0.1) is 0 Å². The van der Waals surface area contributed by atoms with E-state index in [0.29, 0.717) is 12.2 Å². The number of amides is 1. The van der Waals surface area contributed by atoms with Gasteiger partial charge in [0.1, 0.15) is 0 Å². The van der Waals surface area contributed by atoms with Crippen LogP contribution in [0.4, 0.5) is 5.82 Å². The maximum Gasteiger partial charge on any atom is 0.225 e. The van der Waals surface area contributed by atoms with E-state index in [4.69, 9.17) is 0 Å². The zero-order valence-electron chi connectivity index (χ0n) is 16.9. The van der Waals surface area contributed by atoms with Gasteiger partial charge in [-0.1, -0.05) is 31.9 Å². The van der Waals surface area contributed by atoms with Crippen molar-refractivity contribution < 1.29 is 4.79 Å². The molecule has 0 aliphatic rings. The molecule has 0 saturated heterocycles. The van der Waals surface area contributed by atoms with Crippen LogP contribution in [0.15, 0.2) is 36.5 Å². The number of unbranched alkanes of at least 4 members (excludes halogenated alkanes) is 3. The number of rotatable bonds is 11. The molecule has 0 unspecified atom stereocenters. The zero-order valence-corrected chi connectivity index (χ0v) is 16.9. The van der Waals surface area contributed by atoms with Crippen LogP contribution < -0.4 is 5.32 Å². The van der Waals surface area contributed by atoms with E-state index >= 15 is 0 Å². The van der Waals surface area contributed by atoms with E-state index in [1.807, 2.05) is 24.4 Å². The molecule has 6 heteroatoms. The summed E-state index contributed by atoms with van der Waals surface area (Å²) in [5, 5.41) is 11.3. The van der Waals surface area contributed by atoms with Gasteiger partial charge in [0, 0.05) is 29.8 Å². The lowest BCUT2D eigenvalue weighted by Gasteiger charge is -2.15. The van der Waals surface area contributed by atoms with Gasteiger partial charge in [-0.3, -0.25) is 9.89 Å². The molecule has 2 heterocycles. The Morgan fingerprint density at radius 2 is 1.93 bits per heavy atom. The molecule has 0 radical (unpaired) electrons. The Morgan fingerprint density at radius 3 is 2.75 bits per heavy atom. The summed E-state index contributed by atoms with van der Waals surface area (Å²) in [5.41, 5.74) is 3.01. The van der Waals surface area contributed by atoms with Crippen LogP contribution in [-0.4, -0.2) is 46.1 Å². The molecule has 2 aromatic heterocycles. The van der Waals surface area contributed by atoms with Gasteiger partial charge in [0.25, 0.3) is 0 Å². The number of hydrogen-bond donors (Lipinski definition) is 3. The maximum atomic E-state index is 12.2. The predicted octanol–water partition coefficient (Wildman–Crippen LogP) is 4.79. The van der Waals surface area contributed by atoms with Crippen molar-refractivity contribution >= 4 is 22.6 Å². The Kier molecular flexibility index (Phi) is 7.25. The molecular formula is C22H31N5O.